The third-order valence-electron chi connectivity index (χ3n) is 5.97. The SMILES string of the molecule is C1=CN=C1.C=C(CNCCCc1ccccc1CCCNC=O)NCC(=O)NC(C)CC.CC.CCC.Cc1cccc(O)c1. The summed E-state index contributed by atoms with van der Waals surface area (Å²) in [6.07, 6.45) is 12.3. The van der Waals surface area contributed by atoms with Gasteiger partial charge in [-0.25, -0.2) is 0 Å². The average molecular weight is 624 g/mol. The lowest BCUT2D eigenvalue weighted by atomic mass is 9.99. The van der Waals surface area contributed by atoms with E-state index in [0.717, 1.165) is 56.3 Å². The highest BCUT2D eigenvalue weighted by molar-refractivity contribution is 5.78. The monoisotopic (exact) mass is 623 g/mol. The number of rotatable bonds is 16. The Labute approximate surface area is 273 Å². The van der Waals surface area contributed by atoms with Crippen LogP contribution in [0.2, 0.25) is 0 Å². The number of phenols is 1. The number of carbonyl (C=O) groups excluding carboxylic acids is 2. The Morgan fingerprint density at radius 1 is 0.978 bits per heavy atom. The lowest BCUT2D eigenvalue weighted by Crippen LogP contribution is -2.39. The van der Waals surface area contributed by atoms with Crippen LogP contribution in [0.25, 0.3) is 0 Å². The number of hydrogen-bond acceptors (Lipinski definition) is 6. The van der Waals surface area contributed by atoms with E-state index in [-0.39, 0.29) is 18.5 Å². The van der Waals surface area contributed by atoms with E-state index in [9.17, 15) is 9.59 Å². The van der Waals surface area contributed by atoms with E-state index in [1.807, 2.05) is 52.8 Å². The van der Waals surface area contributed by atoms with Crippen molar-refractivity contribution < 1.29 is 14.7 Å². The van der Waals surface area contributed by atoms with E-state index in [1.54, 1.807) is 24.5 Å². The van der Waals surface area contributed by atoms with Gasteiger partial charge in [-0.3, -0.25) is 14.6 Å². The molecule has 1 heterocycles. The first-order chi connectivity index (χ1) is 21.8. The van der Waals surface area contributed by atoms with Crippen molar-refractivity contribution in [2.45, 2.75) is 93.0 Å². The number of phenolic OH excluding ortho intramolecular Hbond substituents is 1. The Balaban J connectivity index is 0. The zero-order valence-corrected chi connectivity index (χ0v) is 29.0. The lowest BCUT2D eigenvalue weighted by Gasteiger charge is -2.14. The summed E-state index contributed by atoms with van der Waals surface area (Å²) in [6.45, 7) is 20.7. The summed E-state index contributed by atoms with van der Waals surface area (Å²) in [5, 5.41) is 20.9. The van der Waals surface area contributed by atoms with E-state index < -0.39 is 0 Å². The molecule has 0 aliphatic carbocycles. The molecule has 0 radical (unpaired) electrons. The summed E-state index contributed by atoms with van der Waals surface area (Å²) in [5.74, 6) is 0.334. The van der Waals surface area contributed by atoms with Gasteiger partial charge < -0.3 is 26.4 Å². The molecule has 8 heteroatoms. The predicted molar refractivity (Wildman–Crippen MR) is 193 cm³/mol. The minimum Gasteiger partial charge on any atom is -0.508 e. The normalized spacial score (nSPS) is 10.7. The van der Waals surface area contributed by atoms with Gasteiger partial charge in [0.05, 0.1) is 6.54 Å². The molecule has 45 heavy (non-hydrogen) atoms. The minimum atomic E-state index is -0.00421. The molecule has 2 aromatic rings. The van der Waals surface area contributed by atoms with Gasteiger partial charge in [0.25, 0.3) is 0 Å². The fourth-order valence-electron chi connectivity index (χ4n) is 3.54. The second kappa shape index (κ2) is 31.5. The van der Waals surface area contributed by atoms with E-state index in [4.69, 9.17) is 5.11 Å². The molecule has 1 unspecified atom stereocenters. The molecule has 0 saturated heterocycles. The quantitative estimate of drug-likeness (QED) is 0.106. The van der Waals surface area contributed by atoms with Gasteiger partial charge in [-0.05, 0) is 87.4 Å². The van der Waals surface area contributed by atoms with Crippen LogP contribution >= 0.6 is 0 Å². The number of nitrogens with one attached hydrogen (secondary N) is 4. The van der Waals surface area contributed by atoms with Gasteiger partial charge in [0.15, 0.2) is 0 Å². The molecule has 3 rings (SSSR count). The van der Waals surface area contributed by atoms with E-state index in [1.165, 1.54) is 17.5 Å². The highest BCUT2D eigenvalue weighted by Crippen LogP contribution is 2.13. The molecule has 0 saturated carbocycles. The molecule has 0 bridgehead atoms. The number of aryl methyl sites for hydroxylation is 3. The van der Waals surface area contributed by atoms with Gasteiger partial charge >= 0.3 is 0 Å². The average Bonchev–Trinajstić information content (AvgIpc) is 2.99. The Hall–Kier alpha value is -3.91. The summed E-state index contributed by atoms with van der Waals surface area (Å²) < 4.78 is 0. The van der Waals surface area contributed by atoms with Crippen LogP contribution in [0.1, 0.15) is 83.9 Å². The Bertz CT molecular complexity index is 1050. The van der Waals surface area contributed by atoms with Crippen LogP contribution in [0.3, 0.4) is 0 Å². The number of benzene rings is 2. The second-order valence-corrected chi connectivity index (χ2v) is 10.2. The van der Waals surface area contributed by atoms with Gasteiger partial charge in [0, 0.05) is 37.2 Å². The summed E-state index contributed by atoms with van der Waals surface area (Å²) in [5.41, 5.74) is 4.63. The van der Waals surface area contributed by atoms with Crippen LogP contribution in [-0.2, 0) is 22.4 Å². The molecule has 8 nitrogen and oxygen atoms in total. The van der Waals surface area contributed by atoms with Crippen molar-refractivity contribution in [2.24, 2.45) is 4.99 Å². The molecule has 5 N–H and O–H groups in total. The smallest absolute Gasteiger partial charge is 0.239 e. The first-order valence-corrected chi connectivity index (χ1v) is 16.4. The predicted octanol–water partition coefficient (Wildman–Crippen LogP) is 6.63. The number of aromatic hydroxyl groups is 1. The Morgan fingerprint density at radius 2 is 1.53 bits per heavy atom. The van der Waals surface area contributed by atoms with Crippen LogP contribution in [0, 0.1) is 6.92 Å². The molecule has 1 aliphatic heterocycles. The van der Waals surface area contributed by atoms with Gasteiger partial charge in [-0.15, -0.1) is 0 Å². The zero-order chi connectivity index (χ0) is 34.1. The fourth-order valence-corrected chi connectivity index (χ4v) is 3.54. The van der Waals surface area contributed by atoms with E-state index >= 15 is 0 Å². The van der Waals surface area contributed by atoms with E-state index in [0.29, 0.717) is 18.8 Å². The number of amides is 2. The molecule has 1 aliphatic rings. The summed E-state index contributed by atoms with van der Waals surface area (Å²) >= 11 is 0. The summed E-state index contributed by atoms with van der Waals surface area (Å²) in [6, 6.07) is 15.8. The number of nitrogens with zero attached hydrogens (tertiary/aromatic N) is 1. The highest BCUT2D eigenvalue weighted by Gasteiger charge is 2.05. The van der Waals surface area contributed by atoms with Crippen molar-refractivity contribution in [1.29, 1.82) is 0 Å². The second-order valence-electron chi connectivity index (χ2n) is 10.2. The molecule has 0 fully saturated rings. The maximum atomic E-state index is 11.7. The molecule has 0 spiro atoms. The maximum Gasteiger partial charge on any atom is 0.239 e. The van der Waals surface area contributed by atoms with Gasteiger partial charge in [0.2, 0.25) is 12.3 Å². The van der Waals surface area contributed by atoms with Crippen LogP contribution in [0.5, 0.6) is 5.75 Å². The van der Waals surface area contributed by atoms with Crippen LogP contribution in [0.15, 0.2) is 78.1 Å². The summed E-state index contributed by atoms with van der Waals surface area (Å²) in [7, 11) is 0. The number of carbonyl (C=O) groups is 2. The van der Waals surface area contributed by atoms with Crippen molar-refractivity contribution in [3.8, 4) is 5.75 Å². The zero-order valence-electron chi connectivity index (χ0n) is 29.0. The standard InChI is InChI=1S/C22H36N4O2.C7H8O.C3H3N.C3H8.C2H6/c1-4-18(2)26-22(28)16-25-19(3)15-23-13-7-11-20-9-5-6-10-21(20)12-8-14-24-17-27;1-6-3-2-4-7(8)5-6;1-2-4-3-1;1-3-2;1-2/h5-6,9-10,17-18,23,25H,3-4,7-8,11-16H2,1-2H3,(H,24,27)(H,26,28);2-5,8H,1H3;1-3H;3H2,1-2H3;1-2H3. The van der Waals surface area contributed by atoms with Crippen LogP contribution in [-0.4, -0.2) is 55.9 Å². The summed E-state index contributed by atoms with van der Waals surface area (Å²) in [4.78, 5) is 25.7. The van der Waals surface area contributed by atoms with Crippen molar-refractivity contribution in [3.63, 3.8) is 0 Å². The van der Waals surface area contributed by atoms with Gasteiger partial charge in [0.1, 0.15) is 5.75 Å². The third-order valence-corrected chi connectivity index (χ3v) is 5.97. The van der Waals surface area contributed by atoms with E-state index in [2.05, 4.69) is 71.0 Å². The molecule has 1 atom stereocenters. The highest BCUT2D eigenvalue weighted by atomic mass is 16.3. The topological polar surface area (TPSA) is 115 Å². The Morgan fingerprint density at radius 3 is 1.98 bits per heavy atom. The number of aliphatic imine (C=N–C) groups is 1. The third kappa shape index (κ3) is 27.4. The molecular formula is C37H61N5O3. The largest absolute Gasteiger partial charge is 0.508 e. The van der Waals surface area contributed by atoms with Crippen molar-refractivity contribution in [3.05, 3.63) is 89.8 Å². The molecule has 2 amide bonds. The number of hydrogen-bond donors (Lipinski definition) is 5. The molecule has 252 valence electrons. The minimum absolute atomic E-state index is 0.00421. The van der Waals surface area contributed by atoms with Crippen molar-refractivity contribution in [1.82, 2.24) is 21.3 Å². The van der Waals surface area contributed by atoms with Crippen LogP contribution < -0.4 is 21.3 Å². The first kappa shape index (κ1) is 43.2. The van der Waals surface area contributed by atoms with Gasteiger partial charge in [-0.2, -0.15) is 0 Å². The fraction of sp³-hybridized carbons (Fsp3) is 0.486. The Kier molecular flexibility index (Phi) is 30.3. The number of allylic oxidation sites excluding steroid dienone is 1. The van der Waals surface area contributed by atoms with Gasteiger partial charge in [-0.1, -0.05) is 84.0 Å². The van der Waals surface area contributed by atoms with Crippen LogP contribution in [0.4, 0.5) is 0 Å². The van der Waals surface area contributed by atoms with Crippen molar-refractivity contribution in [2.75, 3.05) is 26.2 Å². The molecule has 0 aromatic heterocycles. The van der Waals surface area contributed by atoms with Crippen molar-refractivity contribution >= 4 is 18.5 Å². The molecule has 2 aromatic carbocycles. The first-order valence-electron chi connectivity index (χ1n) is 16.4. The maximum absolute atomic E-state index is 11.7. The lowest BCUT2D eigenvalue weighted by molar-refractivity contribution is -0.120. The molecular weight excluding hydrogens is 562 g/mol.